The van der Waals surface area contributed by atoms with Gasteiger partial charge in [-0.15, -0.1) is 0 Å². The van der Waals surface area contributed by atoms with Crippen LogP contribution in [-0.2, 0) is 6.42 Å². The van der Waals surface area contributed by atoms with Crippen molar-refractivity contribution in [2.45, 2.75) is 24.9 Å². The molecule has 1 aromatic carbocycles. The summed E-state index contributed by atoms with van der Waals surface area (Å²) < 4.78 is 18.5. The van der Waals surface area contributed by atoms with E-state index in [1.54, 1.807) is 0 Å². The van der Waals surface area contributed by atoms with Crippen LogP contribution in [0, 0.1) is 5.82 Å². The van der Waals surface area contributed by atoms with Crippen LogP contribution in [0.5, 0.6) is 11.5 Å². The minimum atomic E-state index is -0.736. The highest BCUT2D eigenvalue weighted by molar-refractivity contribution is 9.10. The van der Waals surface area contributed by atoms with Crippen LogP contribution in [0.15, 0.2) is 10.5 Å². The molecule has 2 N–H and O–H groups in total. The van der Waals surface area contributed by atoms with Crippen LogP contribution in [0.3, 0.4) is 0 Å². The van der Waals surface area contributed by atoms with E-state index in [0.717, 1.165) is 0 Å². The first-order valence-electron chi connectivity index (χ1n) is 4.93. The molecule has 1 fully saturated rings. The molecule has 3 nitrogen and oxygen atoms in total. The van der Waals surface area contributed by atoms with Crippen LogP contribution < -0.4 is 4.74 Å². The Morgan fingerprint density at radius 1 is 1.56 bits per heavy atom. The van der Waals surface area contributed by atoms with Crippen molar-refractivity contribution in [3.8, 4) is 11.5 Å². The molecule has 1 aliphatic rings. The number of phenolic OH excluding ortho intramolecular Hbond substituents is 1. The maximum atomic E-state index is 13.5. The van der Waals surface area contributed by atoms with Gasteiger partial charge in [-0.25, -0.2) is 4.39 Å². The molecule has 1 saturated carbocycles. The van der Waals surface area contributed by atoms with Gasteiger partial charge in [0.2, 0.25) is 0 Å². The molecule has 0 aromatic heterocycles. The molecule has 16 heavy (non-hydrogen) atoms. The lowest BCUT2D eigenvalue weighted by atomic mass is 10.0. The Bertz CT molecular complexity index is 430. The van der Waals surface area contributed by atoms with E-state index in [-0.39, 0.29) is 16.0 Å². The average molecular weight is 291 g/mol. The first kappa shape index (κ1) is 11.7. The third kappa shape index (κ3) is 2.01. The molecule has 0 heterocycles. The predicted molar refractivity (Wildman–Crippen MR) is 60.2 cm³/mol. The highest BCUT2D eigenvalue weighted by atomic mass is 79.9. The number of rotatable bonds is 3. The minimum absolute atomic E-state index is 0.186. The van der Waals surface area contributed by atoms with Crippen LogP contribution in [0.1, 0.15) is 18.4 Å². The molecule has 0 saturated heterocycles. The lowest BCUT2D eigenvalue weighted by molar-refractivity contribution is 0.149. The summed E-state index contributed by atoms with van der Waals surface area (Å²) in [5.74, 6) is -1.05. The first-order valence-corrected chi connectivity index (χ1v) is 5.72. The third-order valence-corrected chi connectivity index (χ3v) is 3.36. The smallest absolute Gasteiger partial charge is 0.198 e. The van der Waals surface area contributed by atoms with E-state index < -0.39 is 11.4 Å². The van der Waals surface area contributed by atoms with Crippen LogP contribution in [-0.4, -0.2) is 22.9 Å². The molecule has 0 aliphatic heterocycles. The van der Waals surface area contributed by atoms with Crippen molar-refractivity contribution in [1.82, 2.24) is 0 Å². The predicted octanol–water partition coefficient (Wildman–Crippen LogP) is 2.37. The average Bonchev–Trinajstić information content (AvgIpc) is 2.94. The second-order valence-electron chi connectivity index (χ2n) is 4.11. The third-order valence-electron chi connectivity index (χ3n) is 2.78. The van der Waals surface area contributed by atoms with E-state index in [4.69, 9.17) is 4.74 Å². The molecule has 1 aromatic rings. The monoisotopic (exact) mass is 290 g/mol. The molecular weight excluding hydrogens is 279 g/mol. The first-order chi connectivity index (χ1) is 7.47. The van der Waals surface area contributed by atoms with Gasteiger partial charge in [0.05, 0.1) is 17.2 Å². The van der Waals surface area contributed by atoms with Crippen molar-refractivity contribution in [3.63, 3.8) is 0 Å². The number of benzene rings is 1. The molecule has 0 radical (unpaired) electrons. The standard InChI is InChI=1S/C11H12BrFO3/c1-16-10-8(13)7(12)4-6(9(10)14)5-11(15)2-3-11/h4,14-15H,2-3,5H2,1H3. The van der Waals surface area contributed by atoms with E-state index in [0.29, 0.717) is 24.8 Å². The fourth-order valence-electron chi connectivity index (χ4n) is 1.64. The summed E-state index contributed by atoms with van der Waals surface area (Å²) in [5.41, 5.74) is -0.245. The quantitative estimate of drug-likeness (QED) is 0.899. The fourth-order valence-corrected chi connectivity index (χ4v) is 2.10. The van der Waals surface area contributed by atoms with E-state index in [2.05, 4.69) is 15.9 Å². The molecular formula is C11H12BrFO3. The van der Waals surface area contributed by atoms with Crippen molar-refractivity contribution in [1.29, 1.82) is 0 Å². The van der Waals surface area contributed by atoms with Gasteiger partial charge in [-0.05, 0) is 34.8 Å². The number of aliphatic hydroxyl groups is 1. The topological polar surface area (TPSA) is 49.7 Å². The molecule has 0 atom stereocenters. The van der Waals surface area contributed by atoms with E-state index in [1.165, 1.54) is 13.2 Å². The number of methoxy groups -OCH3 is 1. The van der Waals surface area contributed by atoms with Gasteiger partial charge in [0.25, 0.3) is 0 Å². The number of aromatic hydroxyl groups is 1. The Kier molecular flexibility index (Phi) is 2.84. The van der Waals surface area contributed by atoms with Gasteiger partial charge in [0.1, 0.15) is 0 Å². The van der Waals surface area contributed by atoms with Gasteiger partial charge >= 0.3 is 0 Å². The normalized spacial score (nSPS) is 17.2. The van der Waals surface area contributed by atoms with Gasteiger partial charge in [0, 0.05) is 12.0 Å². The molecule has 2 rings (SSSR count). The van der Waals surface area contributed by atoms with Crippen LogP contribution in [0.2, 0.25) is 0 Å². The maximum absolute atomic E-state index is 13.5. The van der Waals surface area contributed by atoms with Crippen LogP contribution >= 0.6 is 15.9 Å². The van der Waals surface area contributed by atoms with Gasteiger partial charge in [-0.2, -0.15) is 0 Å². The Hall–Kier alpha value is -0.810. The Morgan fingerprint density at radius 2 is 2.19 bits per heavy atom. The number of halogens is 2. The molecule has 0 bridgehead atoms. The fraction of sp³-hybridized carbons (Fsp3) is 0.455. The number of hydrogen-bond donors (Lipinski definition) is 2. The molecule has 1 aliphatic carbocycles. The zero-order valence-electron chi connectivity index (χ0n) is 8.76. The summed E-state index contributed by atoms with van der Waals surface area (Å²) >= 11 is 3.05. The lowest BCUT2D eigenvalue weighted by Crippen LogP contribution is -2.11. The number of phenols is 1. The second kappa shape index (κ2) is 3.89. The molecule has 0 spiro atoms. The number of ether oxygens (including phenoxy) is 1. The highest BCUT2D eigenvalue weighted by Gasteiger charge is 2.41. The van der Waals surface area contributed by atoms with Crippen molar-refractivity contribution >= 4 is 15.9 Å². The van der Waals surface area contributed by atoms with E-state index in [9.17, 15) is 14.6 Å². The highest BCUT2D eigenvalue weighted by Crippen LogP contribution is 2.44. The number of hydrogen-bond acceptors (Lipinski definition) is 3. The van der Waals surface area contributed by atoms with Crippen LogP contribution in [0.4, 0.5) is 4.39 Å². The SMILES string of the molecule is COc1c(O)c(CC2(O)CC2)cc(Br)c1F. The van der Waals surface area contributed by atoms with Crippen molar-refractivity contribution in [2.75, 3.05) is 7.11 Å². The second-order valence-corrected chi connectivity index (χ2v) is 4.97. The Balaban J connectivity index is 2.41. The van der Waals surface area contributed by atoms with Crippen molar-refractivity contribution < 1.29 is 19.3 Å². The molecule has 88 valence electrons. The van der Waals surface area contributed by atoms with E-state index >= 15 is 0 Å². The van der Waals surface area contributed by atoms with Crippen molar-refractivity contribution in [2.24, 2.45) is 0 Å². The van der Waals surface area contributed by atoms with Gasteiger partial charge in [-0.3, -0.25) is 0 Å². The Labute approximate surface area is 101 Å². The molecule has 5 heteroatoms. The summed E-state index contributed by atoms with van der Waals surface area (Å²) in [6.45, 7) is 0. The van der Waals surface area contributed by atoms with Gasteiger partial charge in [0.15, 0.2) is 17.3 Å². The summed E-state index contributed by atoms with van der Waals surface area (Å²) in [6, 6.07) is 1.48. The summed E-state index contributed by atoms with van der Waals surface area (Å²) in [7, 11) is 1.29. The maximum Gasteiger partial charge on any atom is 0.198 e. The lowest BCUT2D eigenvalue weighted by Gasteiger charge is -2.13. The van der Waals surface area contributed by atoms with Gasteiger partial charge < -0.3 is 14.9 Å². The zero-order chi connectivity index (χ0) is 11.9. The minimum Gasteiger partial charge on any atom is -0.504 e. The molecule has 0 unspecified atom stereocenters. The molecule has 0 amide bonds. The summed E-state index contributed by atoms with van der Waals surface area (Å²) in [4.78, 5) is 0. The Morgan fingerprint density at radius 3 is 2.69 bits per heavy atom. The van der Waals surface area contributed by atoms with Gasteiger partial charge in [-0.1, -0.05) is 0 Å². The summed E-state index contributed by atoms with van der Waals surface area (Å²) in [5, 5.41) is 19.6. The van der Waals surface area contributed by atoms with Crippen molar-refractivity contribution in [3.05, 3.63) is 21.9 Å². The zero-order valence-corrected chi connectivity index (χ0v) is 10.3. The van der Waals surface area contributed by atoms with Crippen LogP contribution in [0.25, 0.3) is 0 Å². The summed E-state index contributed by atoms with van der Waals surface area (Å²) in [6.07, 6.45) is 1.74. The van der Waals surface area contributed by atoms with E-state index in [1.807, 2.05) is 0 Å². The largest absolute Gasteiger partial charge is 0.504 e.